The van der Waals surface area contributed by atoms with Gasteiger partial charge in [-0.2, -0.15) is 0 Å². The van der Waals surface area contributed by atoms with Gasteiger partial charge in [0.15, 0.2) is 0 Å². The van der Waals surface area contributed by atoms with Gasteiger partial charge in [0.05, 0.1) is 6.04 Å². The van der Waals surface area contributed by atoms with E-state index < -0.39 is 0 Å². The summed E-state index contributed by atoms with van der Waals surface area (Å²) in [5.74, 6) is 0. The number of halogens is 1. The molecule has 1 fully saturated rings. The second-order valence-corrected chi connectivity index (χ2v) is 7.02. The van der Waals surface area contributed by atoms with E-state index in [-0.39, 0.29) is 6.04 Å². The van der Waals surface area contributed by atoms with Crippen LogP contribution in [0.3, 0.4) is 0 Å². The van der Waals surface area contributed by atoms with Gasteiger partial charge in [0.25, 0.3) is 0 Å². The Balaban J connectivity index is 1.95. The summed E-state index contributed by atoms with van der Waals surface area (Å²) in [5, 5.41) is 4.29. The summed E-state index contributed by atoms with van der Waals surface area (Å²) < 4.78 is 0. The standard InChI is InChI=1S/C20H26ClN3/c1-23(2)19-10-6-17(7-11-19)20(16-4-8-18(21)9-5-16)24-14-3-12-22-13-15-24/h4-11,20,22H,3,12-15H2,1-2H3. The molecular weight excluding hydrogens is 318 g/mol. The van der Waals surface area contributed by atoms with Crippen molar-refractivity contribution in [2.24, 2.45) is 0 Å². The second kappa shape index (κ2) is 8.02. The molecule has 1 saturated heterocycles. The van der Waals surface area contributed by atoms with E-state index in [2.05, 4.69) is 65.6 Å². The highest BCUT2D eigenvalue weighted by atomic mass is 35.5. The van der Waals surface area contributed by atoms with E-state index in [1.807, 2.05) is 12.1 Å². The van der Waals surface area contributed by atoms with Crippen molar-refractivity contribution in [3.8, 4) is 0 Å². The van der Waals surface area contributed by atoms with E-state index in [1.165, 1.54) is 23.2 Å². The Bertz CT molecular complexity index is 629. The Kier molecular flexibility index (Phi) is 5.77. The number of nitrogens with zero attached hydrogens (tertiary/aromatic N) is 2. The minimum Gasteiger partial charge on any atom is -0.378 e. The minimum atomic E-state index is 0.276. The van der Waals surface area contributed by atoms with Crippen molar-refractivity contribution in [2.45, 2.75) is 12.5 Å². The van der Waals surface area contributed by atoms with Crippen molar-refractivity contribution in [3.05, 3.63) is 64.7 Å². The first-order valence-corrected chi connectivity index (χ1v) is 9.00. The summed E-state index contributed by atoms with van der Waals surface area (Å²) in [6.45, 7) is 4.31. The Morgan fingerprint density at radius 1 is 0.917 bits per heavy atom. The summed E-state index contributed by atoms with van der Waals surface area (Å²) in [6, 6.07) is 17.5. The number of rotatable bonds is 4. The summed E-state index contributed by atoms with van der Waals surface area (Å²) in [7, 11) is 4.15. The van der Waals surface area contributed by atoms with E-state index in [4.69, 9.17) is 11.6 Å². The van der Waals surface area contributed by atoms with Gasteiger partial charge in [-0.05, 0) is 48.4 Å². The Hall–Kier alpha value is -1.55. The molecule has 0 aromatic heterocycles. The third-order valence-corrected chi connectivity index (χ3v) is 4.90. The molecule has 1 aliphatic heterocycles. The fraction of sp³-hybridized carbons (Fsp3) is 0.400. The smallest absolute Gasteiger partial charge is 0.0602 e. The summed E-state index contributed by atoms with van der Waals surface area (Å²) >= 11 is 6.10. The Morgan fingerprint density at radius 3 is 2.17 bits per heavy atom. The molecule has 1 aliphatic rings. The van der Waals surface area contributed by atoms with Crippen LogP contribution in [0.15, 0.2) is 48.5 Å². The fourth-order valence-corrected chi connectivity index (χ4v) is 3.46. The van der Waals surface area contributed by atoms with E-state index in [0.29, 0.717) is 0 Å². The molecule has 3 rings (SSSR count). The maximum Gasteiger partial charge on any atom is 0.0602 e. The second-order valence-electron chi connectivity index (χ2n) is 6.58. The van der Waals surface area contributed by atoms with Crippen molar-refractivity contribution in [1.29, 1.82) is 0 Å². The average molecular weight is 344 g/mol. The van der Waals surface area contributed by atoms with E-state index in [9.17, 15) is 0 Å². The van der Waals surface area contributed by atoms with Crippen molar-refractivity contribution in [1.82, 2.24) is 10.2 Å². The molecule has 2 aromatic rings. The molecule has 1 unspecified atom stereocenters. The molecule has 0 saturated carbocycles. The van der Waals surface area contributed by atoms with Gasteiger partial charge in [-0.1, -0.05) is 35.9 Å². The van der Waals surface area contributed by atoms with Crippen LogP contribution in [0.1, 0.15) is 23.6 Å². The molecule has 0 amide bonds. The highest BCUT2D eigenvalue weighted by Crippen LogP contribution is 2.31. The molecular formula is C20H26ClN3. The van der Waals surface area contributed by atoms with Gasteiger partial charge in [0.2, 0.25) is 0 Å². The van der Waals surface area contributed by atoms with Crippen molar-refractivity contribution < 1.29 is 0 Å². The zero-order valence-corrected chi connectivity index (χ0v) is 15.3. The SMILES string of the molecule is CN(C)c1ccc(C(c2ccc(Cl)cc2)N2CCCNCC2)cc1. The van der Waals surface area contributed by atoms with Gasteiger partial charge in [0.1, 0.15) is 0 Å². The van der Waals surface area contributed by atoms with E-state index in [0.717, 1.165) is 31.2 Å². The average Bonchev–Trinajstić information content (AvgIpc) is 2.87. The third kappa shape index (κ3) is 4.10. The van der Waals surface area contributed by atoms with Crippen LogP contribution in [0.5, 0.6) is 0 Å². The minimum absolute atomic E-state index is 0.276. The lowest BCUT2D eigenvalue weighted by Crippen LogP contribution is -2.33. The van der Waals surface area contributed by atoms with Gasteiger partial charge < -0.3 is 10.2 Å². The Morgan fingerprint density at radius 2 is 1.54 bits per heavy atom. The third-order valence-electron chi connectivity index (χ3n) is 4.65. The summed E-state index contributed by atoms with van der Waals surface area (Å²) in [4.78, 5) is 4.71. The quantitative estimate of drug-likeness (QED) is 0.911. The van der Waals surface area contributed by atoms with Gasteiger partial charge in [0, 0.05) is 44.4 Å². The van der Waals surface area contributed by atoms with Gasteiger partial charge in [-0.3, -0.25) is 4.90 Å². The molecule has 0 radical (unpaired) electrons. The topological polar surface area (TPSA) is 18.5 Å². The number of nitrogens with one attached hydrogen (secondary N) is 1. The normalized spacial score (nSPS) is 17.3. The fourth-order valence-electron chi connectivity index (χ4n) is 3.34. The van der Waals surface area contributed by atoms with Crippen LogP contribution in [-0.2, 0) is 0 Å². The van der Waals surface area contributed by atoms with Crippen LogP contribution in [-0.4, -0.2) is 45.2 Å². The molecule has 128 valence electrons. The predicted octanol–water partition coefficient (Wildman–Crippen LogP) is 3.79. The van der Waals surface area contributed by atoms with Crippen LogP contribution in [0, 0.1) is 0 Å². The molecule has 3 nitrogen and oxygen atoms in total. The van der Waals surface area contributed by atoms with Crippen molar-refractivity contribution in [3.63, 3.8) is 0 Å². The van der Waals surface area contributed by atoms with Crippen LogP contribution in [0.4, 0.5) is 5.69 Å². The number of benzene rings is 2. The first-order valence-electron chi connectivity index (χ1n) is 8.62. The molecule has 2 aromatic carbocycles. The zero-order valence-electron chi connectivity index (χ0n) is 14.5. The van der Waals surface area contributed by atoms with Crippen molar-refractivity contribution >= 4 is 17.3 Å². The van der Waals surface area contributed by atoms with Gasteiger partial charge >= 0.3 is 0 Å². The van der Waals surface area contributed by atoms with Crippen molar-refractivity contribution in [2.75, 3.05) is 45.2 Å². The lowest BCUT2D eigenvalue weighted by Gasteiger charge is -2.31. The summed E-state index contributed by atoms with van der Waals surface area (Å²) in [5.41, 5.74) is 3.87. The largest absolute Gasteiger partial charge is 0.378 e. The number of hydrogen-bond acceptors (Lipinski definition) is 3. The molecule has 1 atom stereocenters. The van der Waals surface area contributed by atoms with E-state index in [1.54, 1.807) is 0 Å². The van der Waals surface area contributed by atoms with Crippen LogP contribution in [0.2, 0.25) is 5.02 Å². The molecule has 0 spiro atoms. The zero-order chi connectivity index (χ0) is 16.9. The maximum atomic E-state index is 6.10. The number of anilines is 1. The monoisotopic (exact) mass is 343 g/mol. The predicted molar refractivity (Wildman–Crippen MR) is 103 cm³/mol. The highest BCUT2D eigenvalue weighted by Gasteiger charge is 2.23. The summed E-state index contributed by atoms with van der Waals surface area (Å²) in [6.07, 6.45) is 1.18. The number of hydrogen-bond donors (Lipinski definition) is 1. The van der Waals surface area contributed by atoms with Gasteiger partial charge in [-0.25, -0.2) is 0 Å². The molecule has 0 bridgehead atoms. The van der Waals surface area contributed by atoms with Crippen LogP contribution >= 0.6 is 11.6 Å². The maximum absolute atomic E-state index is 6.10. The Labute approximate surface area is 150 Å². The van der Waals surface area contributed by atoms with Crippen LogP contribution < -0.4 is 10.2 Å². The first kappa shape index (κ1) is 17.3. The molecule has 24 heavy (non-hydrogen) atoms. The lowest BCUT2D eigenvalue weighted by molar-refractivity contribution is 0.241. The molecule has 4 heteroatoms. The molecule has 1 N–H and O–H groups in total. The van der Waals surface area contributed by atoms with Gasteiger partial charge in [-0.15, -0.1) is 0 Å². The molecule has 0 aliphatic carbocycles. The molecule has 1 heterocycles. The first-order chi connectivity index (χ1) is 11.6. The highest BCUT2D eigenvalue weighted by molar-refractivity contribution is 6.30. The lowest BCUT2D eigenvalue weighted by atomic mass is 9.96. The van der Waals surface area contributed by atoms with E-state index >= 15 is 0 Å². The van der Waals surface area contributed by atoms with Crippen LogP contribution in [0.25, 0.3) is 0 Å².